The van der Waals surface area contributed by atoms with E-state index in [1.165, 1.54) is 6.07 Å². The molecule has 1 aliphatic rings. The Bertz CT molecular complexity index is 544. The summed E-state index contributed by atoms with van der Waals surface area (Å²) in [5.41, 5.74) is 3.94. The van der Waals surface area contributed by atoms with E-state index >= 15 is 0 Å². The van der Waals surface area contributed by atoms with E-state index in [2.05, 4.69) is 31.1 Å². The van der Waals surface area contributed by atoms with Crippen LogP contribution in [0.1, 0.15) is 52.0 Å². The molecule has 1 aliphatic heterocycles. The van der Waals surface area contributed by atoms with Crippen LogP contribution in [0.4, 0.5) is 10.1 Å². The van der Waals surface area contributed by atoms with Gasteiger partial charge in [0.25, 0.3) is 5.91 Å². The Kier molecular flexibility index (Phi) is 4.23. The third kappa shape index (κ3) is 2.75. The van der Waals surface area contributed by atoms with Crippen LogP contribution < -0.4 is 16.2 Å². The lowest BCUT2D eigenvalue weighted by Gasteiger charge is -2.50. The third-order valence-electron chi connectivity index (χ3n) is 4.38. The second-order valence-electron chi connectivity index (χ2n) is 6.42. The quantitative estimate of drug-likeness (QED) is 0.512. The standard InChI is InChI=1S/C16H24FN3O/c1-5-13(15(21)19-18)20-14-7-6-11(17)8-12(14)10(2)9-16(20,3)4/h6-8,10,13H,5,9,18H2,1-4H3,(H,19,21). The number of rotatable bonds is 3. The lowest BCUT2D eigenvalue weighted by Crippen LogP contribution is -2.59. The Balaban J connectivity index is 2.57. The number of nitrogens with one attached hydrogen (secondary N) is 1. The number of benzene rings is 1. The molecule has 3 N–H and O–H groups in total. The highest BCUT2D eigenvalue weighted by Crippen LogP contribution is 2.44. The van der Waals surface area contributed by atoms with Gasteiger partial charge in [-0.15, -0.1) is 0 Å². The van der Waals surface area contributed by atoms with Crippen molar-refractivity contribution in [2.24, 2.45) is 5.84 Å². The maximum absolute atomic E-state index is 13.6. The number of carbonyl (C=O) groups is 1. The number of fused-ring (bicyclic) bond motifs is 1. The molecular weight excluding hydrogens is 269 g/mol. The monoisotopic (exact) mass is 293 g/mol. The lowest BCUT2D eigenvalue weighted by molar-refractivity contribution is -0.122. The molecule has 5 heteroatoms. The summed E-state index contributed by atoms with van der Waals surface area (Å²) in [4.78, 5) is 14.2. The molecule has 0 radical (unpaired) electrons. The fourth-order valence-corrected chi connectivity index (χ4v) is 3.59. The summed E-state index contributed by atoms with van der Waals surface area (Å²) in [7, 11) is 0. The van der Waals surface area contributed by atoms with Crippen LogP contribution in [0.3, 0.4) is 0 Å². The number of hydrogen-bond acceptors (Lipinski definition) is 3. The first-order valence-corrected chi connectivity index (χ1v) is 7.41. The molecule has 1 heterocycles. The molecule has 0 saturated carbocycles. The van der Waals surface area contributed by atoms with E-state index in [9.17, 15) is 9.18 Å². The van der Waals surface area contributed by atoms with Crippen molar-refractivity contribution in [1.29, 1.82) is 0 Å². The predicted octanol–water partition coefficient (Wildman–Crippen LogP) is 2.69. The van der Waals surface area contributed by atoms with Crippen LogP contribution in [0.2, 0.25) is 0 Å². The van der Waals surface area contributed by atoms with Gasteiger partial charge in [-0.25, -0.2) is 10.2 Å². The Morgan fingerprint density at radius 1 is 1.57 bits per heavy atom. The number of amides is 1. The fraction of sp³-hybridized carbons (Fsp3) is 0.562. The topological polar surface area (TPSA) is 58.4 Å². The van der Waals surface area contributed by atoms with E-state index in [1.54, 1.807) is 12.1 Å². The summed E-state index contributed by atoms with van der Waals surface area (Å²) in [6, 6.07) is 4.44. The van der Waals surface area contributed by atoms with Crippen LogP contribution >= 0.6 is 0 Å². The molecule has 0 bridgehead atoms. The molecule has 2 atom stereocenters. The number of nitrogens with zero attached hydrogens (tertiary/aromatic N) is 1. The largest absolute Gasteiger partial charge is 0.354 e. The highest BCUT2D eigenvalue weighted by molar-refractivity contribution is 5.86. The second kappa shape index (κ2) is 5.64. The molecule has 0 saturated heterocycles. The molecule has 2 unspecified atom stereocenters. The zero-order valence-electron chi connectivity index (χ0n) is 13.1. The van der Waals surface area contributed by atoms with Crippen molar-refractivity contribution in [3.05, 3.63) is 29.6 Å². The van der Waals surface area contributed by atoms with Gasteiger partial charge >= 0.3 is 0 Å². The third-order valence-corrected chi connectivity index (χ3v) is 4.38. The van der Waals surface area contributed by atoms with Crippen LogP contribution in [0.15, 0.2) is 18.2 Å². The molecule has 0 fully saturated rings. The minimum Gasteiger partial charge on any atom is -0.354 e. The summed E-state index contributed by atoms with van der Waals surface area (Å²) < 4.78 is 13.6. The number of carbonyl (C=O) groups excluding carboxylic acids is 1. The highest BCUT2D eigenvalue weighted by Gasteiger charge is 2.41. The second-order valence-corrected chi connectivity index (χ2v) is 6.42. The Hall–Kier alpha value is -1.62. The molecular formula is C16H24FN3O. The van der Waals surface area contributed by atoms with E-state index < -0.39 is 0 Å². The summed E-state index contributed by atoms with van der Waals surface area (Å²) in [5, 5.41) is 0. The zero-order valence-corrected chi connectivity index (χ0v) is 13.1. The summed E-state index contributed by atoms with van der Waals surface area (Å²) >= 11 is 0. The fourth-order valence-electron chi connectivity index (χ4n) is 3.59. The van der Waals surface area contributed by atoms with Crippen LogP contribution in [0.5, 0.6) is 0 Å². The van der Waals surface area contributed by atoms with Crippen molar-refractivity contribution >= 4 is 11.6 Å². The first kappa shape index (κ1) is 15.8. The summed E-state index contributed by atoms with van der Waals surface area (Å²) in [5.74, 6) is 5.13. The van der Waals surface area contributed by atoms with E-state index in [0.29, 0.717) is 6.42 Å². The smallest absolute Gasteiger partial charge is 0.256 e. The van der Waals surface area contributed by atoms with Gasteiger partial charge in [0.2, 0.25) is 0 Å². The lowest BCUT2D eigenvalue weighted by atomic mass is 9.79. The maximum Gasteiger partial charge on any atom is 0.256 e. The van der Waals surface area contributed by atoms with Crippen molar-refractivity contribution in [3.8, 4) is 0 Å². The van der Waals surface area contributed by atoms with Gasteiger partial charge in [0, 0.05) is 11.2 Å². The first-order chi connectivity index (χ1) is 9.81. The first-order valence-electron chi connectivity index (χ1n) is 7.41. The molecule has 2 rings (SSSR count). The predicted molar refractivity (Wildman–Crippen MR) is 82.4 cm³/mol. The number of hydrogen-bond donors (Lipinski definition) is 2. The SMILES string of the molecule is CCC(C(=O)NN)N1c2ccc(F)cc2C(C)CC1(C)C. The van der Waals surface area contributed by atoms with Gasteiger partial charge in [-0.3, -0.25) is 10.2 Å². The number of hydrazine groups is 1. The van der Waals surface area contributed by atoms with Crippen LogP contribution in [0, 0.1) is 5.82 Å². The van der Waals surface area contributed by atoms with E-state index in [-0.39, 0.29) is 29.2 Å². The zero-order chi connectivity index (χ0) is 15.8. The highest BCUT2D eigenvalue weighted by atomic mass is 19.1. The van der Waals surface area contributed by atoms with Crippen LogP contribution in [-0.4, -0.2) is 17.5 Å². The minimum absolute atomic E-state index is 0.197. The molecule has 1 aromatic carbocycles. The van der Waals surface area contributed by atoms with Crippen LogP contribution in [0.25, 0.3) is 0 Å². The molecule has 0 aromatic heterocycles. The molecule has 0 spiro atoms. The van der Waals surface area contributed by atoms with Gasteiger partial charge in [-0.2, -0.15) is 0 Å². The molecule has 4 nitrogen and oxygen atoms in total. The molecule has 0 aliphatic carbocycles. The van der Waals surface area contributed by atoms with Crippen molar-refractivity contribution in [1.82, 2.24) is 5.43 Å². The van der Waals surface area contributed by atoms with Gasteiger partial charge in [0.1, 0.15) is 11.9 Å². The van der Waals surface area contributed by atoms with Crippen molar-refractivity contribution in [2.45, 2.75) is 58.0 Å². The van der Waals surface area contributed by atoms with Crippen molar-refractivity contribution in [3.63, 3.8) is 0 Å². The van der Waals surface area contributed by atoms with Crippen LogP contribution in [-0.2, 0) is 4.79 Å². The van der Waals surface area contributed by atoms with Crippen molar-refractivity contribution in [2.75, 3.05) is 4.90 Å². The maximum atomic E-state index is 13.6. The Morgan fingerprint density at radius 2 is 2.24 bits per heavy atom. The minimum atomic E-state index is -0.360. The van der Waals surface area contributed by atoms with Crippen molar-refractivity contribution < 1.29 is 9.18 Å². The summed E-state index contributed by atoms with van der Waals surface area (Å²) in [6.07, 6.45) is 1.50. The van der Waals surface area contributed by atoms with E-state index in [4.69, 9.17) is 5.84 Å². The van der Waals surface area contributed by atoms with Gasteiger partial charge in [-0.05, 0) is 56.4 Å². The van der Waals surface area contributed by atoms with Gasteiger partial charge in [0.15, 0.2) is 0 Å². The molecule has 1 aromatic rings. The number of nitrogens with two attached hydrogens (primary N) is 1. The molecule has 116 valence electrons. The number of halogens is 1. The van der Waals surface area contributed by atoms with Gasteiger partial charge in [0.05, 0.1) is 0 Å². The summed E-state index contributed by atoms with van der Waals surface area (Å²) in [6.45, 7) is 8.28. The number of anilines is 1. The molecule has 21 heavy (non-hydrogen) atoms. The van der Waals surface area contributed by atoms with E-state index in [1.807, 2.05) is 6.92 Å². The average molecular weight is 293 g/mol. The Morgan fingerprint density at radius 3 is 2.81 bits per heavy atom. The molecule has 1 amide bonds. The van der Waals surface area contributed by atoms with Gasteiger partial charge in [-0.1, -0.05) is 13.8 Å². The van der Waals surface area contributed by atoms with E-state index in [0.717, 1.165) is 17.7 Å². The average Bonchev–Trinajstić information content (AvgIpc) is 2.42. The normalized spacial score (nSPS) is 21.6. The Labute approximate surface area is 125 Å². The van der Waals surface area contributed by atoms with Gasteiger partial charge < -0.3 is 4.90 Å².